The maximum Gasteiger partial charge on any atom is 0.220 e. The summed E-state index contributed by atoms with van der Waals surface area (Å²) in [5.41, 5.74) is -0.00780. The lowest BCUT2D eigenvalue weighted by Gasteiger charge is -2.30. The number of carbonyl (C=O) groups excluding carboxylic acids is 1. The Kier molecular flexibility index (Phi) is 6.90. The predicted molar refractivity (Wildman–Crippen MR) is 76.4 cm³/mol. The van der Waals surface area contributed by atoms with Crippen molar-refractivity contribution in [2.24, 2.45) is 11.3 Å². The van der Waals surface area contributed by atoms with Gasteiger partial charge in [-0.2, -0.15) is 0 Å². The van der Waals surface area contributed by atoms with Gasteiger partial charge in [0.15, 0.2) is 0 Å². The first-order chi connectivity index (χ1) is 8.12. The van der Waals surface area contributed by atoms with Crippen molar-refractivity contribution in [1.82, 2.24) is 5.32 Å². The zero-order valence-corrected chi connectivity index (χ0v) is 13.0. The SMILES string of the molecule is CCC(C)(CCO)NC(=O)CC(C)CC(C)(C)C. The first kappa shape index (κ1) is 17.4. The molecule has 108 valence electrons. The van der Waals surface area contributed by atoms with Crippen LogP contribution in [0.15, 0.2) is 0 Å². The molecule has 0 aromatic rings. The number of carbonyl (C=O) groups is 1. The molecule has 0 saturated heterocycles. The molecule has 0 spiro atoms. The number of hydrogen-bond donors (Lipinski definition) is 2. The second-order valence-corrected chi connectivity index (χ2v) is 7.01. The van der Waals surface area contributed by atoms with E-state index in [1.54, 1.807) is 0 Å². The quantitative estimate of drug-likeness (QED) is 0.736. The second-order valence-electron chi connectivity index (χ2n) is 7.01. The van der Waals surface area contributed by atoms with E-state index in [1.165, 1.54) is 0 Å². The Labute approximate surface area is 112 Å². The van der Waals surface area contributed by atoms with Gasteiger partial charge in [0.25, 0.3) is 0 Å². The van der Waals surface area contributed by atoms with E-state index in [1.807, 2.05) is 13.8 Å². The van der Waals surface area contributed by atoms with Gasteiger partial charge in [-0.25, -0.2) is 0 Å². The first-order valence-corrected chi connectivity index (χ1v) is 7.04. The Morgan fingerprint density at radius 1 is 1.28 bits per heavy atom. The molecule has 0 aliphatic rings. The van der Waals surface area contributed by atoms with Crippen LogP contribution in [0.2, 0.25) is 0 Å². The van der Waals surface area contributed by atoms with Gasteiger partial charge in [0.05, 0.1) is 0 Å². The van der Waals surface area contributed by atoms with E-state index < -0.39 is 0 Å². The van der Waals surface area contributed by atoms with Gasteiger partial charge in [-0.1, -0.05) is 34.6 Å². The average Bonchev–Trinajstić information content (AvgIpc) is 2.14. The molecule has 0 saturated carbocycles. The van der Waals surface area contributed by atoms with Gasteiger partial charge in [0.2, 0.25) is 5.91 Å². The number of amides is 1. The molecule has 1 amide bonds. The molecule has 3 nitrogen and oxygen atoms in total. The highest BCUT2D eigenvalue weighted by molar-refractivity contribution is 5.76. The van der Waals surface area contributed by atoms with Gasteiger partial charge in [0, 0.05) is 18.6 Å². The molecule has 0 radical (unpaired) electrons. The van der Waals surface area contributed by atoms with Crippen LogP contribution in [0.25, 0.3) is 0 Å². The van der Waals surface area contributed by atoms with Crippen LogP contribution in [-0.2, 0) is 4.79 Å². The molecule has 0 aromatic heterocycles. The minimum atomic E-state index is -0.271. The van der Waals surface area contributed by atoms with Crippen molar-refractivity contribution in [1.29, 1.82) is 0 Å². The Morgan fingerprint density at radius 3 is 2.22 bits per heavy atom. The van der Waals surface area contributed by atoms with Gasteiger partial charge in [0.1, 0.15) is 0 Å². The molecule has 0 aliphatic carbocycles. The largest absolute Gasteiger partial charge is 0.396 e. The Bertz CT molecular complexity index is 258. The van der Waals surface area contributed by atoms with Gasteiger partial charge in [-0.05, 0) is 37.5 Å². The minimum absolute atomic E-state index is 0.101. The molecule has 0 aromatic carbocycles. The summed E-state index contributed by atoms with van der Waals surface area (Å²) >= 11 is 0. The molecule has 18 heavy (non-hydrogen) atoms. The van der Waals surface area contributed by atoms with E-state index >= 15 is 0 Å². The molecular weight excluding hydrogens is 226 g/mol. The van der Waals surface area contributed by atoms with Gasteiger partial charge in [-0.15, -0.1) is 0 Å². The van der Waals surface area contributed by atoms with Crippen LogP contribution in [-0.4, -0.2) is 23.2 Å². The molecule has 2 atom stereocenters. The molecular formula is C15H31NO2. The van der Waals surface area contributed by atoms with E-state index in [2.05, 4.69) is 33.0 Å². The normalized spacial score (nSPS) is 17.1. The van der Waals surface area contributed by atoms with Crippen molar-refractivity contribution in [2.75, 3.05) is 6.61 Å². The van der Waals surface area contributed by atoms with Crippen molar-refractivity contribution >= 4 is 5.91 Å². The Balaban J connectivity index is 4.25. The fourth-order valence-corrected chi connectivity index (χ4v) is 2.40. The second kappa shape index (κ2) is 7.13. The van der Waals surface area contributed by atoms with E-state index in [0.29, 0.717) is 18.8 Å². The predicted octanol–water partition coefficient (Wildman–Crippen LogP) is 3.12. The van der Waals surface area contributed by atoms with Crippen LogP contribution in [0.4, 0.5) is 0 Å². The molecule has 0 fully saturated rings. The summed E-state index contributed by atoms with van der Waals surface area (Å²) in [6, 6.07) is 0. The van der Waals surface area contributed by atoms with Crippen LogP contribution < -0.4 is 5.32 Å². The topological polar surface area (TPSA) is 49.3 Å². The monoisotopic (exact) mass is 257 g/mol. The highest BCUT2D eigenvalue weighted by Crippen LogP contribution is 2.26. The van der Waals surface area contributed by atoms with Crippen LogP contribution in [0, 0.1) is 11.3 Å². The van der Waals surface area contributed by atoms with Crippen LogP contribution in [0.1, 0.15) is 67.2 Å². The summed E-state index contributed by atoms with van der Waals surface area (Å²) < 4.78 is 0. The number of aliphatic hydroxyl groups excluding tert-OH is 1. The average molecular weight is 257 g/mol. The summed E-state index contributed by atoms with van der Waals surface area (Å²) in [5, 5.41) is 12.1. The fourth-order valence-electron chi connectivity index (χ4n) is 2.40. The molecule has 0 aliphatic heterocycles. The van der Waals surface area contributed by atoms with Crippen LogP contribution in [0.3, 0.4) is 0 Å². The van der Waals surface area contributed by atoms with Crippen molar-refractivity contribution in [3.05, 3.63) is 0 Å². The van der Waals surface area contributed by atoms with Crippen LogP contribution >= 0.6 is 0 Å². The molecule has 0 rings (SSSR count). The molecule has 2 N–H and O–H groups in total. The van der Waals surface area contributed by atoms with E-state index in [0.717, 1.165) is 12.8 Å². The summed E-state index contributed by atoms with van der Waals surface area (Å²) in [5.74, 6) is 0.491. The molecule has 0 heterocycles. The maximum atomic E-state index is 12.0. The van der Waals surface area contributed by atoms with E-state index in [-0.39, 0.29) is 23.5 Å². The van der Waals surface area contributed by atoms with Crippen molar-refractivity contribution in [2.45, 2.75) is 72.8 Å². The maximum absolute atomic E-state index is 12.0. The molecule has 3 heteroatoms. The van der Waals surface area contributed by atoms with Gasteiger partial charge in [-0.3, -0.25) is 4.79 Å². The zero-order valence-electron chi connectivity index (χ0n) is 13.0. The van der Waals surface area contributed by atoms with Gasteiger partial charge < -0.3 is 10.4 Å². The number of nitrogens with one attached hydrogen (secondary N) is 1. The smallest absolute Gasteiger partial charge is 0.220 e. The lowest BCUT2D eigenvalue weighted by atomic mass is 9.84. The fraction of sp³-hybridized carbons (Fsp3) is 0.933. The lowest BCUT2D eigenvalue weighted by molar-refractivity contribution is -0.124. The van der Waals surface area contributed by atoms with E-state index in [4.69, 9.17) is 5.11 Å². The number of rotatable bonds is 7. The molecule has 2 unspecified atom stereocenters. The Morgan fingerprint density at radius 2 is 1.83 bits per heavy atom. The van der Waals surface area contributed by atoms with Crippen LogP contribution in [0.5, 0.6) is 0 Å². The number of hydrogen-bond acceptors (Lipinski definition) is 2. The van der Waals surface area contributed by atoms with Crippen molar-refractivity contribution in [3.63, 3.8) is 0 Å². The standard InChI is InChI=1S/C15H31NO2/c1-7-15(6,8-9-17)16-13(18)10-12(2)11-14(3,4)5/h12,17H,7-11H2,1-6H3,(H,16,18). The third kappa shape index (κ3) is 7.70. The summed E-state index contributed by atoms with van der Waals surface area (Å²) in [6.07, 6.45) is 3.07. The van der Waals surface area contributed by atoms with Crippen molar-refractivity contribution < 1.29 is 9.90 Å². The van der Waals surface area contributed by atoms with E-state index in [9.17, 15) is 4.79 Å². The lowest BCUT2D eigenvalue weighted by Crippen LogP contribution is -2.46. The van der Waals surface area contributed by atoms with Crippen molar-refractivity contribution in [3.8, 4) is 0 Å². The molecule has 0 bridgehead atoms. The third-order valence-electron chi connectivity index (χ3n) is 3.38. The third-order valence-corrected chi connectivity index (χ3v) is 3.38. The zero-order chi connectivity index (χ0) is 14.4. The summed E-state index contributed by atoms with van der Waals surface area (Å²) in [4.78, 5) is 12.0. The first-order valence-electron chi connectivity index (χ1n) is 7.04. The highest BCUT2D eigenvalue weighted by atomic mass is 16.3. The summed E-state index contributed by atoms with van der Waals surface area (Å²) in [7, 11) is 0. The Hall–Kier alpha value is -0.570. The highest BCUT2D eigenvalue weighted by Gasteiger charge is 2.25. The number of aliphatic hydroxyl groups is 1. The van der Waals surface area contributed by atoms with Gasteiger partial charge >= 0.3 is 0 Å². The summed E-state index contributed by atoms with van der Waals surface area (Å²) in [6.45, 7) is 12.9. The minimum Gasteiger partial charge on any atom is -0.396 e.